The van der Waals surface area contributed by atoms with Crippen LogP contribution in [0, 0.1) is 12.3 Å². The van der Waals surface area contributed by atoms with Gasteiger partial charge in [-0.2, -0.15) is 10.2 Å². The Morgan fingerprint density at radius 1 is 1.36 bits per heavy atom. The van der Waals surface area contributed by atoms with Crippen LogP contribution < -0.4 is 0 Å². The lowest BCUT2D eigenvalue weighted by Crippen LogP contribution is -2.60. The molecule has 2 atom stereocenters. The number of ether oxygens (including phenoxy) is 2. The minimum atomic E-state index is -0.393. The fourth-order valence-corrected chi connectivity index (χ4v) is 3.29. The summed E-state index contributed by atoms with van der Waals surface area (Å²) in [4.78, 5) is 14.6. The lowest BCUT2D eigenvalue weighted by molar-refractivity contribution is -0.169. The number of hydrogen-bond donors (Lipinski definition) is 0. The molecule has 0 bridgehead atoms. The van der Waals surface area contributed by atoms with Crippen molar-refractivity contribution in [3.05, 3.63) is 0 Å². The number of amides is 1. The van der Waals surface area contributed by atoms with Crippen molar-refractivity contribution < 1.29 is 14.3 Å². The van der Waals surface area contributed by atoms with Gasteiger partial charge in [0.25, 0.3) is 0 Å². The third-order valence-corrected chi connectivity index (χ3v) is 4.53. The summed E-state index contributed by atoms with van der Waals surface area (Å²) in [7, 11) is 0. The first kappa shape index (κ1) is 15.4. The summed E-state index contributed by atoms with van der Waals surface area (Å²) in [5.74, 6) is 2.74. The van der Waals surface area contributed by atoms with Crippen molar-refractivity contribution in [3.63, 3.8) is 0 Å². The first-order valence-electron chi connectivity index (χ1n) is 7.87. The summed E-state index contributed by atoms with van der Waals surface area (Å²) in [6.45, 7) is 5.75. The Morgan fingerprint density at radius 3 is 2.82 bits per heavy atom. The van der Waals surface area contributed by atoms with Gasteiger partial charge in [-0.05, 0) is 13.8 Å². The molecule has 2 saturated heterocycles. The van der Waals surface area contributed by atoms with Crippen molar-refractivity contribution in [2.24, 2.45) is 10.2 Å². The smallest absolute Gasteiger partial charge is 0.223 e. The Kier molecular flexibility index (Phi) is 3.96. The normalized spacial score (nSPS) is 30.7. The Labute approximate surface area is 131 Å². The fraction of sp³-hybridized carbons (Fsp3) is 0.812. The van der Waals surface area contributed by atoms with Gasteiger partial charge in [0.2, 0.25) is 5.91 Å². The molecule has 3 aliphatic rings. The van der Waals surface area contributed by atoms with Gasteiger partial charge in [-0.15, -0.1) is 12.3 Å². The van der Waals surface area contributed by atoms with E-state index in [0.29, 0.717) is 39.0 Å². The molecule has 0 radical (unpaired) electrons. The van der Waals surface area contributed by atoms with Gasteiger partial charge in [0.1, 0.15) is 6.10 Å². The third kappa shape index (κ3) is 3.16. The van der Waals surface area contributed by atoms with Crippen LogP contribution in [0.2, 0.25) is 0 Å². The molecular weight excluding hydrogens is 282 g/mol. The van der Waals surface area contributed by atoms with Crippen LogP contribution in [0.4, 0.5) is 0 Å². The zero-order chi connectivity index (χ0) is 15.8. The van der Waals surface area contributed by atoms with E-state index in [4.69, 9.17) is 15.9 Å². The topological polar surface area (TPSA) is 63.5 Å². The molecular formula is C16H23N3O3. The molecule has 3 aliphatic heterocycles. The van der Waals surface area contributed by atoms with Crippen molar-refractivity contribution in [1.29, 1.82) is 0 Å². The second kappa shape index (κ2) is 5.64. The van der Waals surface area contributed by atoms with Crippen molar-refractivity contribution in [2.45, 2.75) is 62.9 Å². The van der Waals surface area contributed by atoms with Gasteiger partial charge in [0, 0.05) is 32.2 Å². The number of hydrogen-bond acceptors (Lipinski definition) is 5. The van der Waals surface area contributed by atoms with E-state index in [-0.39, 0.29) is 23.7 Å². The first-order valence-corrected chi connectivity index (χ1v) is 7.87. The Bertz CT molecular complexity index is 517. The first-order chi connectivity index (χ1) is 10.4. The molecule has 0 aliphatic carbocycles. The molecule has 0 aromatic heterocycles. The highest BCUT2D eigenvalue weighted by molar-refractivity contribution is 5.77. The molecule has 1 amide bonds. The van der Waals surface area contributed by atoms with Crippen molar-refractivity contribution >= 4 is 5.91 Å². The van der Waals surface area contributed by atoms with Crippen molar-refractivity contribution in [3.8, 4) is 12.3 Å². The average molecular weight is 305 g/mol. The van der Waals surface area contributed by atoms with Gasteiger partial charge in [-0.1, -0.05) is 0 Å². The van der Waals surface area contributed by atoms with Crippen LogP contribution in [0.15, 0.2) is 10.2 Å². The number of carbonyl (C=O) groups excluding carboxylic acids is 1. The van der Waals surface area contributed by atoms with Crippen LogP contribution in [0.3, 0.4) is 0 Å². The minimum Gasteiger partial charge on any atom is -0.376 e. The van der Waals surface area contributed by atoms with Crippen molar-refractivity contribution in [2.75, 3.05) is 19.8 Å². The van der Waals surface area contributed by atoms with E-state index in [1.807, 2.05) is 18.7 Å². The van der Waals surface area contributed by atoms with E-state index in [9.17, 15) is 4.79 Å². The highest BCUT2D eigenvalue weighted by Gasteiger charge is 2.46. The molecule has 22 heavy (non-hydrogen) atoms. The largest absolute Gasteiger partial charge is 0.376 e. The summed E-state index contributed by atoms with van der Waals surface area (Å²) in [6.07, 6.45) is 7.74. The molecule has 6 nitrogen and oxygen atoms in total. The summed E-state index contributed by atoms with van der Waals surface area (Å²) in [5.41, 5.74) is -0.727. The molecule has 0 N–H and O–H groups in total. The summed E-state index contributed by atoms with van der Waals surface area (Å²) < 4.78 is 11.5. The van der Waals surface area contributed by atoms with Gasteiger partial charge in [-0.3, -0.25) is 4.79 Å². The fourth-order valence-electron chi connectivity index (χ4n) is 3.29. The second-order valence-electron chi connectivity index (χ2n) is 6.93. The number of terminal acetylenes is 1. The van der Waals surface area contributed by atoms with E-state index in [1.165, 1.54) is 0 Å². The Morgan fingerprint density at radius 2 is 2.14 bits per heavy atom. The average Bonchev–Trinajstić information content (AvgIpc) is 3.10. The summed E-state index contributed by atoms with van der Waals surface area (Å²) in [6, 6.07) is 0.0373. The molecule has 0 saturated carbocycles. The number of nitrogens with zero attached hydrogens (tertiary/aromatic N) is 3. The maximum atomic E-state index is 12.7. The standard InChI is InChI=1S/C16H23N3O3/c1-4-5-7-16(17-18-16)8-6-14(20)19-11-15(2,3)22-13-10-21-9-12(13)19/h1,12-13H,5-11H2,2-3H3/t12-,13-/m1/s1. The van der Waals surface area contributed by atoms with E-state index < -0.39 is 5.66 Å². The SMILES string of the molecule is C#CCCC1(CCC(=O)N2CC(C)(C)O[C@@H]3COC[C@H]32)N=N1. The van der Waals surface area contributed by atoms with Gasteiger partial charge in [0.05, 0.1) is 24.9 Å². The number of morpholine rings is 1. The van der Waals surface area contributed by atoms with Crippen LogP contribution >= 0.6 is 0 Å². The molecule has 0 unspecified atom stereocenters. The second-order valence-corrected chi connectivity index (χ2v) is 6.93. The van der Waals surface area contributed by atoms with Crippen LogP contribution in [-0.4, -0.2) is 54.0 Å². The van der Waals surface area contributed by atoms with Gasteiger partial charge >= 0.3 is 0 Å². The highest BCUT2D eigenvalue weighted by atomic mass is 16.6. The molecule has 6 heteroatoms. The Hall–Kier alpha value is -1.45. The maximum Gasteiger partial charge on any atom is 0.223 e. The van der Waals surface area contributed by atoms with E-state index in [2.05, 4.69) is 16.1 Å². The molecule has 0 spiro atoms. The van der Waals surface area contributed by atoms with Gasteiger partial charge in [0.15, 0.2) is 5.66 Å². The van der Waals surface area contributed by atoms with Gasteiger partial charge in [-0.25, -0.2) is 0 Å². The zero-order valence-electron chi connectivity index (χ0n) is 13.2. The summed E-state index contributed by atoms with van der Waals surface area (Å²) in [5, 5.41) is 8.19. The third-order valence-electron chi connectivity index (χ3n) is 4.53. The monoisotopic (exact) mass is 305 g/mol. The zero-order valence-corrected chi connectivity index (χ0v) is 13.2. The molecule has 0 aromatic carbocycles. The molecule has 3 rings (SSSR count). The predicted molar refractivity (Wildman–Crippen MR) is 80.2 cm³/mol. The minimum absolute atomic E-state index is 0.0154. The van der Waals surface area contributed by atoms with Crippen LogP contribution in [0.1, 0.15) is 39.5 Å². The van der Waals surface area contributed by atoms with E-state index >= 15 is 0 Å². The van der Waals surface area contributed by atoms with Crippen LogP contribution in [0.5, 0.6) is 0 Å². The van der Waals surface area contributed by atoms with Gasteiger partial charge < -0.3 is 14.4 Å². The maximum absolute atomic E-state index is 12.7. The molecule has 3 heterocycles. The Balaban J connectivity index is 1.58. The number of fused-ring (bicyclic) bond motifs is 1. The lowest BCUT2D eigenvalue weighted by Gasteiger charge is -2.45. The van der Waals surface area contributed by atoms with E-state index in [0.717, 1.165) is 6.42 Å². The molecule has 120 valence electrons. The summed E-state index contributed by atoms with van der Waals surface area (Å²) >= 11 is 0. The molecule has 0 aromatic rings. The van der Waals surface area contributed by atoms with Crippen molar-refractivity contribution in [1.82, 2.24) is 4.90 Å². The highest BCUT2D eigenvalue weighted by Crippen LogP contribution is 2.38. The van der Waals surface area contributed by atoms with E-state index in [1.54, 1.807) is 0 Å². The lowest BCUT2D eigenvalue weighted by atomic mass is 9.98. The quantitative estimate of drug-likeness (QED) is 0.727. The van der Waals surface area contributed by atoms with Crippen LogP contribution in [0.25, 0.3) is 0 Å². The van der Waals surface area contributed by atoms with Crippen LogP contribution in [-0.2, 0) is 14.3 Å². The number of rotatable bonds is 5. The molecule has 2 fully saturated rings. The predicted octanol–water partition coefficient (Wildman–Crippen LogP) is 1.75. The number of carbonyl (C=O) groups is 1.